The van der Waals surface area contributed by atoms with Gasteiger partial charge in [0.05, 0.1) is 24.7 Å². The summed E-state index contributed by atoms with van der Waals surface area (Å²) in [4.78, 5) is 0. The van der Waals surface area contributed by atoms with Crippen LogP contribution in [0.4, 0.5) is 0 Å². The van der Waals surface area contributed by atoms with Gasteiger partial charge in [-0.15, -0.1) is 0 Å². The molecule has 99 heavy (non-hydrogen) atoms. The predicted octanol–water partition coefficient (Wildman–Crippen LogP) is 34.8. The van der Waals surface area contributed by atoms with Crippen molar-refractivity contribution in [3.63, 3.8) is 0 Å². The highest BCUT2D eigenvalue weighted by Gasteiger charge is 2.36. The van der Waals surface area contributed by atoms with Crippen LogP contribution in [0.15, 0.2) is 30.3 Å². The van der Waals surface area contributed by atoms with Crippen LogP contribution in [0.1, 0.15) is 560 Å². The zero-order chi connectivity index (χ0) is 71.1. The summed E-state index contributed by atoms with van der Waals surface area (Å²) in [5.74, 6) is 0. The maximum absolute atomic E-state index is 12.0. The topological polar surface area (TPSA) is 20.2 Å². The highest BCUT2D eigenvalue weighted by atomic mass is 16.3. The molecule has 1 N–H and O–H groups in total. The fraction of sp³-hybridized carbons (Fsp3) is 0.938. The van der Waals surface area contributed by atoms with E-state index in [0.29, 0.717) is 0 Å². The average Bonchev–Trinajstić information content (AvgIpc) is 0.828. The van der Waals surface area contributed by atoms with Crippen LogP contribution in [0.2, 0.25) is 0 Å². The molecule has 588 valence electrons. The van der Waals surface area contributed by atoms with Crippen molar-refractivity contribution in [2.24, 2.45) is 0 Å². The first-order valence-corrected chi connectivity index (χ1v) is 47.6. The zero-order valence-corrected chi connectivity index (χ0v) is 69.8. The molecule has 0 heterocycles. The quantitative estimate of drug-likeness (QED) is 0.0509. The Hall–Kier alpha value is -0.860. The number of nitrogens with zero attached hydrogens (tertiary/aromatic N) is 1. The van der Waals surface area contributed by atoms with Gasteiger partial charge in [0.1, 0.15) is 6.54 Å². The van der Waals surface area contributed by atoms with Gasteiger partial charge in [0, 0.05) is 5.56 Å². The van der Waals surface area contributed by atoms with Gasteiger partial charge in [-0.2, -0.15) is 0 Å². The summed E-state index contributed by atoms with van der Waals surface area (Å²) in [7, 11) is 0. The fourth-order valence-corrected chi connectivity index (χ4v) is 17.4. The van der Waals surface area contributed by atoms with Crippen molar-refractivity contribution in [1.82, 2.24) is 0 Å². The molecule has 0 saturated heterocycles. The van der Waals surface area contributed by atoms with Gasteiger partial charge >= 0.3 is 0 Å². The Balaban J connectivity index is 2.82. The Bertz CT molecular complexity index is 1540. The van der Waals surface area contributed by atoms with Crippen molar-refractivity contribution < 1.29 is 9.59 Å². The standard InChI is InChI=1S/C97H190NO/c1-6-11-16-21-26-31-36-38-40-44-48-52-59-66-73-83-92-98(94-95-85-76-75-77-86-95,93-84-74-67-60-53-49-45-41-39-37-32-27-22-17-12-7-2)96(87-78-68-61-54-33-28-23-18-13-8-3)88-79-69-62-55-50-46-42-43-47-51-58-65-72-82-91-97(99,89-80-70-63-56-34-29-24-19-14-9-4)90-81-71-64-57-35-30-25-20-15-10-5/h75-77,85-86,96,99H,6-74,78-84,87-94H2,1-5H3/q+1. The Morgan fingerprint density at radius 3 is 0.596 bits per heavy atom. The molecular weight excluding hydrogens is 1200 g/mol. The monoisotopic (exact) mass is 1390 g/mol. The number of quaternary nitrogens is 1. The van der Waals surface area contributed by atoms with Gasteiger partial charge < -0.3 is 9.59 Å². The van der Waals surface area contributed by atoms with Gasteiger partial charge in [-0.05, 0) is 70.6 Å². The first-order chi connectivity index (χ1) is 49.0. The van der Waals surface area contributed by atoms with Gasteiger partial charge in [-0.25, -0.2) is 0 Å². The molecule has 1 unspecified atom stereocenters. The molecule has 2 nitrogen and oxygen atoms in total. The molecule has 0 bridgehead atoms. The molecule has 0 fully saturated rings. The van der Waals surface area contributed by atoms with Crippen molar-refractivity contribution in [3.05, 3.63) is 35.9 Å². The average molecular weight is 1390 g/mol. The minimum atomic E-state index is -0.404. The van der Waals surface area contributed by atoms with E-state index in [4.69, 9.17) is 0 Å². The van der Waals surface area contributed by atoms with E-state index in [0.717, 1.165) is 25.3 Å². The van der Waals surface area contributed by atoms with Gasteiger partial charge in [0.15, 0.2) is 0 Å². The molecule has 0 aliphatic carbocycles. The highest BCUT2D eigenvalue weighted by Crippen LogP contribution is 2.33. The van der Waals surface area contributed by atoms with Crippen LogP contribution in [0.5, 0.6) is 0 Å². The molecule has 0 spiro atoms. The second-order valence-corrected chi connectivity index (χ2v) is 34.1. The van der Waals surface area contributed by atoms with Crippen molar-refractivity contribution >= 4 is 0 Å². The predicted molar refractivity (Wildman–Crippen MR) is 451 cm³/mol. The lowest BCUT2D eigenvalue weighted by molar-refractivity contribution is -0.965. The number of hydrogen-bond donors (Lipinski definition) is 1. The number of unbranched alkanes of at least 4 members (excludes halogenated alkanes) is 70. The first-order valence-electron chi connectivity index (χ1n) is 47.6. The molecule has 1 aromatic carbocycles. The summed E-state index contributed by atoms with van der Waals surface area (Å²) in [6.07, 6.45) is 115. The van der Waals surface area contributed by atoms with E-state index in [1.54, 1.807) is 5.56 Å². The summed E-state index contributed by atoms with van der Waals surface area (Å²) < 4.78 is 1.39. The SMILES string of the molecule is CCCCCCCCCCCCCCCCCC[N+](CCCCCCCCCCCCCCCCCC)(Cc1ccccc1)C(CCCCCCCCCCCC)CCCCCCCCCCCCCCCCC(O)(CCCCCCCCCCCC)CCCCCCCCCCCC. The largest absolute Gasteiger partial charge is 0.390 e. The van der Waals surface area contributed by atoms with E-state index in [1.807, 2.05) is 0 Å². The lowest BCUT2D eigenvalue weighted by Gasteiger charge is -2.46. The Labute approximate surface area is 627 Å². The van der Waals surface area contributed by atoms with Crippen LogP contribution in [0.25, 0.3) is 0 Å². The number of aliphatic hydroxyl groups is 1. The van der Waals surface area contributed by atoms with E-state index in [9.17, 15) is 5.11 Å². The van der Waals surface area contributed by atoms with Crippen LogP contribution in [-0.4, -0.2) is 34.3 Å². The maximum atomic E-state index is 12.0. The van der Waals surface area contributed by atoms with Crippen molar-refractivity contribution in [2.45, 2.75) is 573 Å². The van der Waals surface area contributed by atoms with Crippen LogP contribution < -0.4 is 0 Å². The van der Waals surface area contributed by atoms with E-state index < -0.39 is 5.60 Å². The fourth-order valence-electron chi connectivity index (χ4n) is 17.4. The van der Waals surface area contributed by atoms with Crippen LogP contribution in [0.3, 0.4) is 0 Å². The van der Waals surface area contributed by atoms with E-state index >= 15 is 0 Å². The van der Waals surface area contributed by atoms with Crippen LogP contribution >= 0.6 is 0 Å². The van der Waals surface area contributed by atoms with E-state index in [2.05, 4.69) is 65.0 Å². The highest BCUT2D eigenvalue weighted by molar-refractivity contribution is 5.13. The molecule has 1 aromatic rings. The Kier molecular flexibility index (Phi) is 77.4. The zero-order valence-electron chi connectivity index (χ0n) is 69.8. The van der Waals surface area contributed by atoms with E-state index in [-0.39, 0.29) is 0 Å². The maximum Gasteiger partial charge on any atom is 0.105 e. The minimum Gasteiger partial charge on any atom is -0.390 e. The first kappa shape index (κ1) is 96.2. The molecular formula is C97H190NO+. The third-order valence-electron chi connectivity index (χ3n) is 24.3. The molecule has 0 amide bonds. The molecule has 0 saturated carbocycles. The molecule has 0 aliphatic heterocycles. The summed E-state index contributed by atoms with van der Waals surface area (Å²) in [5.41, 5.74) is 1.21. The second-order valence-electron chi connectivity index (χ2n) is 34.1. The number of benzene rings is 1. The molecule has 2 heteroatoms. The van der Waals surface area contributed by atoms with Crippen LogP contribution in [-0.2, 0) is 6.54 Å². The Morgan fingerprint density at radius 2 is 0.394 bits per heavy atom. The third kappa shape index (κ3) is 67.5. The van der Waals surface area contributed by atoms with Gasteiger partial charge in [-0.1, -0.05) is 514 Å². The molecule has 1 atom stereocenters. The smallest absolute Gasteiger partial charge is 0.105 e. The molecule has 0 aliphatic rings. The summed E-state index contributed by atoms with van der Waals surface area (Å²) in [6, 6.07) is 12.8. The summed E-state index contributed by atoms with van der Waals surface area (Å²) >= 11 is 0. The van der Waals surface area contributed by atoms with Crippen molar-refractivity contribution in [2.75, 3.05) is 13.1 Å². The van der Waals surface area contributed by atoms with Gasteiger partial charge in [0.2, 0.25) is 0 Å². The van der Waals surface area contributed by atoms with E-state index in [1.165, 1.54) is 525 Å². The lowest BCUT2D eigenvalue weighted by atomic mass is 9.85. The summed E-state index contributed by atoms with van der Waals surface area (Å²) in [5, 5.41) is 12.0. The van der Waals surface area contributed by atoms with Crippen LogP contribution in [0, 0.1) is 0 Å². The number of rotatable bonds is 87. The lowest BCUT2D eigenvalue weighted by Crippen LogP contribution is -2.56. The second kappa shape index (κ2) is 79.7. The van der Waals surface area contributed by atoms with Crippen molar-refractivity contribution in [1.29, 1.82) is 0 Å². The molecule has 0 radical (unpaired) electrons. The molecule has 1 rings (SSSR count). The van der Waals surface area contributed by atoms with Gasteiger partial charge in [-0.3, -0.25) is 0 Å². The summed E-state index contributed by atoms with van der Waals surface area (Å²) in [6.45, 7) is 15.8. The van der Waals surface area contributed by atoms with Gasteiger partial charge in [0.25, 0.3) is 0 Å². The van der Waals surface area contributed by atoms with Crippen molar-refractivity contribution in [3.8, 4) is 0 Å². The molecule has 0 aromatic heterocycles. The number of hydrogen-bond acceptors (Lipinski definition) is 1. The Morgan fingerprint density at radius 1 is 0.222 bits per heavy atom. The normalized spacial score (nSPS) is 12.5. The minimum absolute atomic E-state index is 0.404. The third-order valence-corrected chi connectivity index (χ3v) is 24.3.